The van der Waals surface area contributed by atoms with Crippen LogP contribution in [0.1, 0.15) is 0 Å². The molecule has 0 atom stereocenters. The van der Waals surface area contributed by atoms with Crippen LogP contribution in [0.5, 0.6) is 0 Å². The van der Waals surface area contributed by atoms with Crippen molar-refractivity contribution in [3.63, 3.8) is 0 Å². The summed E-state index contributed by atoms with van der Waals surface area (Å²) in [6, 6.07) is 5.07. The topological polar surface area (TPSA) is 97.5 Å². The first-order chi connectivity index (χ1) is 9.65. The zero-order valence-corrected chi connectivity index (χ0v) is 12.7. The summed E-state index contributed by atoms with van der Waals surface area (Å²) < 4.78 is 1.62. The predicted octanol–water partition coefficient (Wildman–Crippen LogP) is 2.23. The molecule has 3 rings (SSSR count). The van der Waals surface area contributed by atoms with Crippen LogP contribution in [0.2, 0.25) is 0 Å². The summed E-state index contributed by atoms with van der Waals surface area (Å²) in [4.78, 5) is 19.1. The molecule has 2 aromatic heterocycles. The minimum atomic E-state index is -0.209. The summed E-state index contributed by atoms with van der Waals surface area (Å²) in [5.74, 6) is 0. The molecule has 20 heavy (non-hydrogen) atoms. The van der Waals surface area contributed by atoms with Gasteiger partial charge in [0.05, 0.1) is 10.9 Å². The summed E-state index contributed by atoms with van der Waals surface area (Å²) in [6.45, 7) is 0. The first kappa shape index (κ1) is 13.4. The number of nitrogens with one attached hydrogen (secondary N) is 1. The van der Waals surface area contributed by atoms with Gasteiger partial charge in [-0.2, -0.15) is 0 Å². The number of benzene rings is 1. The van der Waals surface area contributed by atoms with Gasteiger partial charge in [0.2, 0.25) is 0 Å². The van der Waals surface area contributed by atoms with E-state index in [1.807, 2.05) is 6.26 Å². The standard InChI is InChI=1S/C11H9N5OS3/c1-18-10-15-16-11(20-10)19-9-13-7-3-2-5(12)4-6(7)8(17)14-9/h2-4H,12H2,1H3,(H,13,14,17). The Balaban J connectivity index is 2.00. The summed E-state index contributed by atoms with van der Waals surface area (Å²) >= 11 is 4.29. The first-order valence-electron chi connectivity index (χ1n) is 5.50. The molecule has 0 unspecified atom stereocenters. The molecule has 0 saturated heterocycles. The van der Waals surface area contributed by atoms with Crippen molar-refractivity contribution in [2.75, 3.05) is 12.0 Å². The van der Waals surface area contributed by atoms with Crippen LogP contribution in [0.3, 0.4) is 0 Å². The molecule has 9 heteroatoms. The van der Waals surface area contributed by atoms with Crippen LogP contribution >= 0.6 is 34.9 Å². The van der Waals surface area contributed by atoms with Crippen molar-refractivity contribution in [2.24, 2.45) is 0 Å². The molecule has 1 aromatic carbocycles. The van der Waals surface area contributed by atoms with Gasteiger partial charge in [-0.15, -0.1) is 10.2 Å². The lowest BCUT2D eigenvalue weighted by atomic mass is 10.2. The Kier molecular flexibility index (Phi) is 3.64. The lowest BCUT2D eigenvalue weighted by Crippen LogP contribution is -2.09. The summed E-state index contributed by atoms with van der Waals surface area (Å²) in [5.41, 5.74) is 6.61. The van der Waals surface area contributed by atoms with E-state index in [1.165, 1.54) is 34.9 Å². The molecule has 0 radical (unpaired) electrons. The van der Waals surface area contributed by atoms with E-state index in [0.29, 0.717) is 21.7 Å². The van der Waals surface area contributed by atoms with Gasteiger partial charge in [-0.3, -0.25) is 4.79 Å². The number of H-pyrrole nitrogens is 1. The lowest BCUT2D eigenvalue weighted by molar-refractivity contribution is 0.939. The number of rotatable bonds is 3. The van der Waals surface area contributed by atoms with Gasteiger partial charge >= 0.3 is 0 Å². The van der Waals surface area contributed by atoms with Crippen LogP contribution in [0.25, 0.3) is 10.9 Å². The zero-order valence-electron chi connectivity index (χ0n) is 10.3. The van der Waals surface area contributed by atoms with Crippen molar-refractivity contribution in [1.82, 2.24) is 20.2 Å². The SMILES string of the molecule is CSc1nnc(Sc2nc3ccc(N)cc3c(=O)[nH]2)s1. The van der Waals surface area contributed by atoms with E-state index in [4.69, 9.17) is 5.73 Å². The number of nitrogen functional groups attached to an aromatic ring is 1. The number of anilines is 1. The number of nitrogens with zero attached hydrogens (tertiary/aromatic N) is 3. The molecule has 3 N–H and O–H groups in total. The molecule has 0 saturated carbocycles. The van der Waals surface area contributed by atoms with Crippen molar-refractivity contribution >= 4 is 51.5 Å². The molecule has 0 amide bonds. The molecule has 0 aliphatic heterocycles. The molecule has 6 nitrogen and oxygen atoms in total. The Bertz CT molecular complexity index is 828. The van der Waals surface area contributed by atoms with E-state index in [9.17, 15) is 4.79 Å². The monoisotopic (exact) mass is 323 g/mol. The Hall–Kier alpha value is -1.58. The Morgan fingerprint density at radius 2 is 2.10 bits per heavy atom. The third-order valence-electron chi connectivity index (χ3n) is 2.45. The Labute approximate surface area is 126 Å². The quantitative estimate of drug-likeness (QED) is 0.433. The molecule has 0 bridgehead atoms. The van der Waals surface area contributed by atoms with E-state index in [-0.39, 0.29) is 5.56 Å². The van der Waals surface area contributed by atoms with Crippen molar-refractivity contribution in [3.8, 4) is 0 Å². The molecule has 102 valence electrons. The highest BCUT2D eigenvalue weighted by atomic mass is 32.2. The van der Waals surface area contributed by atoms with Crippen molar-refractivity contribution in [1.29, 1.82) is 0 Å². The lowest BCUT2D eigenvalue weighted by Gasteiger charge is -2.01. The largest absolute Gasteiger partial charge is 0.399 e. The van der Waals surface area contributed by atoms with Gasteiger partial charge < -0.3 is 10.7 Å². The summed E-state index contributed by atoms with van der Waals surface area (Å²) in [5, 5.41) is 9.02. The third kappa shape index (κ3) is 2.65. The van der Waals surface area contributed by atoms with E-state index in [1.54, 1.807) is 18.2 Å². The molecule has 3 aromatic rings. The van der Waals surface area contributed by atoms with E-state index >= 15 is 0 Å². The van der Waals surface area contributed by atoms with Gasteiger partial charge in [-0.25, -0.2) is 4.98 Å². The highest BCUT2D eigenvalue weighted by Gasteiger charge is 2.09. The van der Waals surface area contributed by atoms with Crippen molar-refractivity contribution in [3.05, 3.63) is 28.6 Å². The molecular formula is C11H9N5OS3. The average molecular weight is 323 g/mol. The molecule has 0 spiro atoms. The number of aromatic amines is 1. The molecule has 2 heterocycles. The second-order valence-corrected chi connectivity index (χ2v) is 7.05. The van der Waals surface area contributed by atoms with Gasteiger partial charge in [0.1, 0.15) is 0 Å². The molecular weight excluding hydrogens is 314 g/mol. The van der Waals surface area contributed by atoms with Gasteiger partial charge in [0.15, 0.2) is 13.8 Å². The second-order valence-electron chi connectivity index (χ2n) is 3.79. The minimum Gasteiger partial charge on any atom is -0.399 e. The summed E-state index contributed by atoms with van der Waals surface area (Å²) in [6.07, 6.45) is 1.94. The van der Waals surface area contributed by atoms with Crippen LogP contribution in [-0.4, -0.2) is 26.4 Å². The fraction of sp³-hybridized carbons (Fsp3) is 0.0909. The maximum absolute atomic E-state index is 12.0. The number of fused-ring (bicyclic) bond motifs is 1. The second kappa shape index (κ2) is 5.43. The molecule has 0 aliphatic carbocycles. The van der Waals surface area contributed by atoms with E-state index in [0.717, 1.165) is 8.68 Å². The normalized spacial score (nSPS) is 11.1. The van der Waals surface area contributed by atoms with E-state index in [2.05, 4.69) is 20.2 Å². The van der Waals surface area contributed by atoms with E-state index < -0.39 is 0 Å². The fourth-order valence-electron chi connectivity index (χ4n) is 1.59. The maximum Gasteiger partial charge on any atom is 0.259 e. The number of hydrogen-bond donors (Lipinski definition) is 2. The number of hydrogen-bond acceptors (Lipinski definition) is 8. The Morgan fingerprint density at radius 3 is 2.85 bits per heavy atom. The first-order valence-corrected chi connectivity index (χ1v) is 8.36. The van der Waals surface area contributed by atoms with Gasteiger partial charge in [0.25, 0.3) is 5.56 Å². The smallest absolute Gasteiger partial charge is 0.259 e. The highest BCUT2D eigenvalue weighted by molar-refractivity contribution is 8.02. The van der Waals surface area contributed by atoms with Crippen LogP contribution < -0.4 is 11.3 Å². The number of thioether (sulfide) groups is 1. The van der Waals surface area contributed by atoms with Crippen molar-refractivity contribution < 1.29 is 0 Å². The van der Waals surface area contributed by atoms with Crippen LogP contribution in [0.4, 0.5) is 5.69 Å². The van der Waals surface area contributed by atoms with Gasteiger partial charge in [0, 0.05) is 5.69 Å². The van der Waals surface area contributed by atoms with Gasteiger partial charge in [-0.05, 0) is 36.2 Å². The zero-order chi connectivity index (χ0) is 14.1. The highest BCUT2D eigenvalue weighted by Crippen LogP contribution is 2.30. The fourth-order valence-corrected chi connectivity index (χ4v) is 3.93. The average Bonchev–Trinajstić information content (AvgIpc) is 2.87. The predicted molar refractivity (Wildman–Crippen MR) is 82.6 cm³/mol. The number of nitrogens with two attached hydrogens (primary N) is 1. The van der Waals surface area contributed by atoms with Crippen LogP contribution in [0.15, 0.2) is 36.8 Å². The molecule has 0 aliphatic rings. The number of aromatic nitrogens is 4. The minimum absolute atomic E-state index is 0.209. The van der Waals surface area contributed by atoms with Crippen molar-refractivity contribution in [2.45, 2.75) is 13.8 Å². The summed E-state index contributed by atoms with van der Waals surface area (Å²) in [7, 11) is 0. The molecule has 0 fully saturated rings. The van der Waals surface area contributed by atoms with Crippen LogP contribution in [0, 0.1) is 0 Å². The van der Waals surface area contributed by atoms with Gasteiger partial charge in [-0.1, -0.05) is 23.1 Å². The maximum atomic E-state index is 12.0. The Morgan fingerprint density at radius 1 is 1.30 bits per heavy atom. The third-order valence-corrected chi connectivity index (χ3v) is 5.29. The van der Waals surface area contributed by atoms with Crippen LogP contribution in [-0.2, 0) is 0 Å².